The van der Waals surface area contributed by atoms with E-state index in [4.69, 9.17) is 15.6 Å². The summed E-state index contributed by atoms with van der Waals surface area (Å²) in [7, 11) is 0. The molecule has 0 saturated carbocycles. The fraction of sp³-hybridized carbons (Fsp3) is 0.455. The van der Waals surface area contributed by atoms with Crippen LogP contribution in [0.25, 0.3) is 0 Å². The molecule has 2 rings (SSSR count). The Hall–Kier alpha value is -1.06. The zero-order valence-corrected chi connectivity index (χ0v) is 8.07. The average Bonchev–Trinajstić information content (AvgIpc) is 2.18. The van der Waals surface area contributed by atoms with Crippen LogP contribution >= 0.6 is 0 Å². The first-order chi connectivity index (χ1) is 6.81. The molecule has 0 fully saturated rings. The van der Waals surface area contributed by atoms with Gasteiger partial charge >= 0.3 is 0 Å². The van der Waals surface area contributed by atoms with Crippen molar-refractivity contribution in [2.24, 2.45) is 5.73 Å². The molecular formula is C11H15NO2. The monoisotopic (exact) mass is 193 g/mol. The van der Waals surface area contributed by atoms with Crippen LogP contribution in [-0.2, 0) is 6.42 Å². The zero-order valence-electron chi connectivity index (χ0n) is 8.07. The van der Waals surface area contributed by atoms with E-state index in [2.05, 4.69) is 0 Å². The summed E-state index contributed by atoms with van der Waals surface area (Å²) in [6, 6.07) is 6.08. The minimum absolute atomic E-state index is 0.0990. The van der Waals surface area contributed by atoms with Crippen molar-refractivity contribution in [3.63, 3.8) is 0 Å². The summed E-state index contributed by atoms with van der Waals surface area (Å²) < 4.78 is 5.52. The molecule has 3 nitrogen and oxygen atoms in total. The highest BCUT2D eigenvalue weighted by molar-refractivity contribution is 5.40. The Balaban J connectivity index is 2.29. The molecule has 1 heterocycles. The maximum absolute atomic E-state index is 8.81. The Bertz CT molecular complexity index is 325. The van der Waals surface area contributed by atoms with E-state index in [0.29, 0.717) is 13.0 Å². The molecule has 0 aromatic heterocycles. The molecule has 1 atom stereocenters. The number of fused-ring (bicyclic) bond motifs is 1. The largest absolute Gasteiger partial charge is 0.493 e. The van der Waals surface area contributed by atoms with Crippen molar-refractivity contribution < 1.29 is 9.84 Å². The third-order valence-electron chi connectivity index (χ3n) is 2.56. The lowest BCUT2D eigenvalue weighted by Crippen LogP contribution is -2.20. The van der Waals surface area contributed by atoms with Crippen molar-refractivity contribution >= 4 is 0 Å². The summed E-state index contributed by atoms with van der Waals surface area (Å²) in [5.41, 5.74) is 8.12. The maximum Gasteiger partial charge on any atom is 0.124 e. The molecule has 3 heteroatoms. The van der Waals surface area contributed by atoms with Crippen molar-refractivity contribution in [2.45, 2.75) is 18.9 Å². The van der Waals surface area contributed by atoms with Gasteiger partial charge in [0.25, 0.3) is 0 Å². The summed E-state index contributed by atoms with van der Waals surface area (Å²) >= 11 is 0. The topological polar surface area (TPSA) is 55.5 Å². The van der Waals surface area contributed by atoms with E-state index >= 15 is 0 Å². The van der Waals surface area contributed by atoms with Gasteiger partial charge in [-0.3, -0.25) is 0 Å². The van der Waals surface area contributed by atoms with E-state index in [1.807, 2.05) is 18.2 Å². The Morgan fingerprint density at radius 2 is 2.36 bits per heavy atom. The Morgan fingerprint density at radius 3 is 3.14 bits per heavy atom. The molecule has 14 heavy (non-hydrogen) atoms. The van der Waals surface area contributed by atoms with Crippen LogP contribution < -0.4 is 10.5 Å². The van der Waals surface area contributed by atoms with Crippen LogP contribution in [0.15, 0.2) is 18.2 Å². The zero-order chi connectivity index (χ0) is 9.97. The van der Waals surface area contributed by atoms with E-state index in [-0.39, 0.29) is 12.6 Å². The van der Waals surface area contributed by atoms with Crippen LogP contribution in [0.4, 0.5) is 0 Å². The molecule has 1 aliphatic rings. The fourth-order valence-electron chi connectivity index (χ4n) is 1.75. The Kier molecular flexibility index (Phi) is 2.70. The van der Waals surface area contributed by atoms with Gasteiger partial charge in [0, 0.05) is 24.6 Å². The van der Waals surface area contributed by atoms with Gasteiger partial charge in [-0.25, -0.2) is 0 Å². The van der Waals surface area contributed by atoms with Crippen LogP contribution in [0, 0.1) is 0 Å². The highest BCUT2D eigenvalue weighted by Crippen LogP contribution is 2.31. The van der Waals surface area contributed by atoms with Gasteiger partial charge in [-0.05, 0) is 18.1 Å². The number of ether oxygens (including phenoxy) is 1. The molecule has 1 aliphatic heterocycles. The molecule has 0 unspecified atom stereocenters. The van der Waals surface area contributed by atoms with E-state index < -0.39 is 0 Å². The van der Waals surface area contributed by atoms with Crippen molar-refractivity contribution in [3.05, 3.63) is 29.3 Å². The predicted octanol–water partition coefficient (Wildman–Crippen LogP) is 1.00. The number of hydrogen-bond donors (Lipinski definition) is 2. The number of aliphatic hydroxyl groups excluding tert-OH is 1. The first-order valence-corrected chi connectivity index (χ1v) is 4.93. The molecule has 0 aliphatic carbocycles. The van der Waals surface area contributed by atoms with Gasteiger partial charge in [-0.1, -0.05) is 12.1 Å². The normalized spacial score (nSPS) is 20.0. The first-order valence-electron chi connectivity index (χ1n) is 4.93. The maximum atomic E-state index is 8.81. The predicted molar refractivity (Wildman–Crippen MR) is 54.3 cm³/mol. The fourth-order valence-corrected chi connectivity index (χ4v) is 1.75. The van der Waals surface area contributed by atoms with Gasteiger partial charge in [0.15, 0.2) is 0 Å². The average molecular weight is 193 g/mol. The molecule has 0 spiro atoms. The van der Waals surface area contributed by atoms with Crippen LogP contribution in [0.5, 0.6) is 5.75 Å². The van der Waals surface area contributed by atoms with Crippen molar-refractivity contribution in [1.29, 1.82) is 0 Å². The Labute approximate surface area is 83.5 Å². The van der Waals surface area contributed by atoms with Gasteiger partial charge in [-0.15, -0.1) is 0 Å². The number of hydrogen-bond acceptors (Lipinski definition) is 3. The number of rotatable bonds is 2. The SMILES string of the molecule is N[C@H]1CCOc2cc(CCO)ccc21. The molecule has 76 valence electrons. The Morgan fingerprint density at radius 1 is 1.50 bits per heavy atom. The highest BCUT2D eigenvalue weighted by atomic mass is 16.5. The van der Waals surface area contributed by atoms with Crippen molar-refractivity contribution in [2.75, 3.05) is 13.2 Å². The molecule has 0 bridgehead atoms. The second kappa shape index (κ2) is 3.98. The van der Waals surface area contributed by atoms with Crippen molar-refractivity contribution in [1.82, 2.24) is 0 Å². The van der Waals surface area contributed by atoms with Crippen molar-refractivity contribution in [3.8, 4) is 5.75 Å². The molecule has 3 N–H and O–H groups in total. The molecule has 0 amide bonds. The number of aliphatic hydroxyl groups is 1. The standard InChI is InChI=1S/C11H15NO2/c12-10-4-6-14-11-7-8(3-5-13)1-2-9(10)11/h1-2,7,10,13H,3-6,12H2/t10-/m0/s1. The van der Waals surface area contributed by atoms with Gasteiger partial charge in [-0.2, -0.15) is 0 Å². The summed E-state index contributed by atoms with van der Waals surface area (Å²) in [5, 5.41) is 8.81. The third-order valence-corrected chi connectivity index (χ3v) is 2.56. The smallest absolute Gasteiger partial charge is 0.124 e. The summed E-state index contributed by atoms with van der Waals surface area (Å²) in [6.07, 6.45) is 1.55. The lowest BCUT2D eigenvalue weighted by Gasteiger charge is -2.23. The quantitative estimate of drug-likeness (QED) is 0.736. The summed E-state index contributed by atoms with van der Waals surface area (Å²) in [5.74, 6) is 0.884. The minimum Gasteiger partial charge on any atom is -0.493 e. The molecule has 1 aromatic carbocycles. The molecule has 0 radical (unpaired) electrons. The second-order valence-electron chi connectivity index (χ2n) is 3.59. The molecule has 0 saturated heterocycles. The third kappa shape index (κ3) is 1.74. The number of nitrogens with two attached hydrogens (primary N) is 1. The lowest BCUT2D eigenvalue weighted by molar-refractivity contribution is 0.268. The van der Waals surface area contributed by atoms with Crippen LogP contribution in [0.1, 0.15) is 23.6 Å². The van der Waals surface area contributed by atoms with Gasteiger partial charge in [0.2, 0.25) is 0 Å². The van der Waals surface area contributed by atoms with Gasteiger partial charge < -0.3 is 15.6 Å². The van der Waals surface area contributed by atoms with Crippen LogP contribution in [0.2, 0.25) is 0 Å². The van der Waals surface area contributed by atoms with Crippen LogP contribution in [0.3, 0.4) is 0 Å². The molecule has 1 aromatic rings. The second-order valence-corrected chi connectivity index (χ2v) is 3.59. The first kappa shape index (κ1) is 9.49. The summed E-state index contributed by atoms with van der Waals surface area (Å²) in [6.45, 7) is 0.863. The van der Waals surface area contributed by atoms with E-state index in [1.54, 1.807) is 0 Å². The van der Waals surface area contributed by atoms with Crippen LogP contribution in [-0.4, -0.2) is 18.3 Å². The number of benzene rings is 1. The van der Waals surface area contributed by atoms with E-state index in [0.717, 1.165) is 23.3 Å². The van der Waals surface area contributed by atoms with E-state index in [9.17, 15) is 0 Å². The summed E-state index contributed by atoms with van der Waals surface area (Å²) in [4.78, 5) is 0. The van der Waals surface area contributed by atoms with E-state index in [1.165, 1.54) is 0 Å². The minimum atomic E-state index is 0.0990. The van der Waals surface area contributed by atoms with Gasteiger partial charge in [0.1, 0.15) is 5.75 Å². The van der Waals surface area contributed by atoms with Gasteiger partial charge in [0.05, 0.1) is 6.61 Å². The lowest BCUT2D eigenvalue weighted by atomic mass is 9.99. The molecular weight excluding hydrogens is 178 g/mol. The highest BCUT2D eigenvalue weighted by Gasteiger charge is 2.17.